The summed E-state index contributed by atoms with van der Waals surface area (Å²) in [5, 5.41) is 0.303. The second-order valence-corrected chi connectivity index (χ2v) is 5.94. The first-order chi connectivity index (χ1) is 13.4. The molecule has 0 fully saturated rings. The van der Waals surface area contributed by atoms with Crippen molar-refractivity contribution in [2.45, 2.75) is 19.6 Å². The van der Waals surface area contributed by atoms with Crippen molar-refractivity contribution in [2.24, 2.45) is 0 Å². The minimum absolute atomic E-state index is 0.0949. The number of hydrogen-bond donors (Lipinski definition) is 0. The van der Waals surface area contributed by atoms with Gasteiger partial charge < -0.3 is 23.7 Å². The minimum Gasteiger partial charge on any atom is -0.493 e. The van der Waals surface area contributed by atoms with Crippen LogP contribution in [0.3, 0.4) is 0 Å². The lowest BCUT2D eigenvalue weighted by atomic mass is 10.1. The summed E-state index contributed by atoms with van der Waals surface area (Å²) in [7, 11) is 4.39. The molecule has 2 aromatic rings. The maximum absolute atomic E-state index is 12.5. The van der Waals surface area contributed by atoms with Gasteiger partial charge in [0.2, 0.25) is 5.75 Å². The number of benzene rings is 2. The van der Waals surface area contributed by atoms with E-state index in [-0.39, 0.29) is 24.3 Å². The molecule has 0 unspecified atom stereocenters. The van der Waals surface area contributed by atoms with E-state index in [1.807, 2.05) is 0 Å². The summed E-state index contributed by atoms with van der Waals surface area (Å²) >= 11 is 5.87. The van der Waals surface area contributed by atoms with Crippen molar-refractivity contribution >= 4 is 17.6 Å². The van der Waals surface area contributed by atoms with E-state index in [1.165, 1.54) is 39.5 Å². The monoisotopic (exact) mass is 416 g/mol. The van der Waals surface area contributed by atoms with Gasteiger partial charge in [0.25, 0.3) is 0 Å². The average Bonchev–Trinajstić information content (AvgIpc) is 2.66. The zero-order chi connectivity index (χ0) is 20.7. The fourth-order valence-corrected chi connectivity index (χ4v) is 2.68. The number of carbonyl (C=O) groups excluding carboxylic acids is 1. The van der Waals surface area contributed by atoms with Gasteiger partial charge in [-0.15, -0.1) is 0 Å². The Kier molecular flexibility index (Phi) is 7.69. The fraction of sp³-hybridized carbons (Fsp3) is 0.316. The molecule has 0 radical (unpaired) electrons. The molecule has 0 aliphatic carbocycles. The molecule has 0 heterocycles. The molecular formula is C19H19ClF2O6. The van der Waals surface area contributed by atoms with Crippen molar-refractivity contribution < 1.29 is 37.3 Å². The van der Waals surface area contributed by atoms with Crippen LogP contribution in [-0.4, -0.2) is 33.9 Å². The van der Waals surface area contributed by atoms with E-state index in [4.69, 9.17) is 30.5 Å². The molecule has 0 aliphatic heterocycles. The summed E-state index contributed by atoms with van der Waals surface area (Å²) in [6.45, 7) is -3.28. The van der Waals surface area contributed by atoms with E-state index < -0.39 is 12.6 Å². The highest BCUT2D eigenvalue weighted by Crippen LogP contribution is 2.38. The average molecular weight is 417 g/mol. The van der Waals surface area contributed by atoms with Crippen LogP contribution in [0.5, 0.6) is 23.0 Å². The van der Waals surface area contributed by atoms with E-state index in [2.05, 4.69) is 4.74 Å². The predicted octanol–water partition coefficient (Wildman–Crippen LogP) is 4.25. The topological polar surface area (TPSA) is 63.2 Å². The fourth-order valence-electron chi connectivity index (χ4n) is 2.49. The van der Waals surface area contributed by atoms with Crippen molar-refractivity contribution in [2.75, 3.05) is 21.3 Å². The first kappa shape index (κ1) is 21.6. The first-order valence-electron chi connectivity index (χ1n) is 8.05. The van der Waals surface area contributed by atoms with Gasteiger partial charge in [0.1, 0.15) is 12.4 Å². The SMILES string of the molecule is COc1cc(CC(=O)OCc2cc(Cl)ccc2OC(F)F)cc(OC)c1OC. The number of hydrogen-bond acceptors (Lipinski definition) is 6. The Labute approximate surface area is 165 Å². The Balaban J connectivity index is 2.10. The summed E-state index contributed by atoms with van der Waals surface area (Å²) in [5.41, 5.74) is 0.792. The van der Waals surface area contributed by atoms with E-state index in [0.29, 0.717) is 27.8 Å². The molecule has 2 rings (SSSR count). The summed E-state index contributed by atoms with van der Waals surface area (Å²) in [6, 6.07) is 7.32. The highest BCUT2D eigenvalue weighted by Gasteiger charge is 2.16. The quantitative estimate of drug-likeness (QED) is 0.569. The summed E-state index contributed by atoms with van der Waals surface area (Å²) in [4.78, 5) is 12.2. The van der Waals surface area contributed by atoms with Crippen LogP contribution in [0.25, 0.3) is 0 Å². The Morgan fingerprint density at radius 1 is 1.00 bits per heavy atom. The smallest absolute Gasteiger partial charge is 0.387 e. The third-order valence-electron chi connectivity index (χ3n) is 3.70. The largest absolute Gasteiger partial charge is 0.493 e. The molecule has 0 amide bonds. The van der Waals surface area contributed by atoms with Gasteiger partial charge in [-0.2, -0.15) is 8.78 Å². The molecule has 0 N–H and O–H groups in total. The Hall–Kier alpha value is -2.74. The lowest BCUT2D eigenvalue weighted by molar-refractivity contribution is -0.144. The highest BCUT2D eigenvalue weighted by atomic mass is 35.5. The molecule has 0 bridgehead atoms. The highest BCUT2D eigenvalue weighted by molar-refractivity contribution is 6.30. The summed E-state index contributed by atoms with van der Waals surface area (Å²) < 4.78 is 50.3. The molecule has 0 saturated heterocycles. The van der Waals surface area contributed by atoms with Crippen molar-refractivity contribution in [1.29, 1.82) is 0 Å². The molecule has 0 atom stereocenters. The number of carbonyl (C=O) groups is 1. The van der Waals surface area contributed by atoms with Crippen LogP contribution in [0.1, 0.15) is 11.1 Å². The molecule has 9 heteroatoms. The van der Waals surface area contributed by atoms with Crippen molar-refractivity contribution in [3.05, 3.63) is 46.5 Å². The maximum Gasteiger partial charge on any atom is 0.387 e. The van der Waals surface area contributed by atoms with Crippen LogP contribution in [0.4, 0.5) is 8.78 Å². The molecule has 2 aromatic carbocycles. The van der Waals surface area contributed by atoms with Gasteiger partial charge in [0.05, 0.1) is 27.8 Å². The number of methoxy groups -OCH3 is 3. The standard InChI is InChI=1S/C19H19ClF2O6/c1-24-15-6-11(7-16(25-2)18(15)26-3)8-17(23)27-10-12-9-13(20)4-5-14(12)28-19(21)22/h4-7,9,19H,8,10H2,1-3H3. The van der Waals surface area contributed by atoms with Gasteiger partial charge >= 0.3 is 12.6 Å². The lowest BCUT2D eigenvalue weighted by Crippen LogP contribution is -2.10. The zero-order valence-corrected chi connectivity index (χ0v) is 16.2. The Morgan fingerprint density at radius 3 is 2.18 bits per heavy atom. The lowest BCUT2D eigenvalue weighted by Gasteiger charge is -2.14. The van der Waals surface area contributed by atoms with Crippen molar-refractivity contribution in [1.82, 2.24) is 0 Å². The van der Waals surface area contributed by atoms with Crippen LogP contribution < -0.4 is 18.9 Å². The Morgan fingerprint density at radius 2 is 1.64 bits per heavy atom. The minimum atomic E-state index is -3.00. The number of ether oxygens (including phenoxy) is 5. The van der Waals surface area contributed by atoms with E-state index >= 15 is 0 Å². The first-order valence-corrected chi connectivity index (χ1v) is 8.43. The second-order valence-electron chi connectivity index (χ2n) is 5.50. The molecule has 0 spiro atoms. The van der Waals surface area contributed by atoms with E-state index in [0.717, 1.165) is 0 Å². The summed E-state index contributed by atoms with van der Waals surface area (Å²) in [5.74, 6) is 0.492. The molecule has 28 heavy (non-hydrogen) atoms. The molecular weight excluding hydrogens is 398 g/mol. The Bertz CT molecular complexity index is 803. The van der Waals surface area contributed by atoms with Crippen LogP contribution in [0.15, 0.2) is 30.3 Å². The van der Waals surface area contributed by atoms with Gasteiger partial charge in [-0.3, -0.25) is 4.79 Å². The zero-order valence-electron chi connectivity index (χ0n) is 15.5. The molecule has 0 aliphatic rings. The van der Waals surface area contributed by atoms with Crippen LogP contribution in [-0.2, 0) is 22.6 Å². The predicted molar refractivity (Wildman–Crippen MR) is 97.7 cm³/mol. The molecule has 0 saturated carbocycles. The normalized spacial score (nSPS) is 10.5. The summed E-state index contributed by atoms with van der Waals surface area (Å²) in [6.07, 6.45) is -0.0949. The van der Waals surface area contributed by atoms with Gasteiger partial charge in [-0.1, -0.05) is 11.6 Å². The number of esters is 1. The van der Waals surface area contributed by atoms with Gasteiger partial charge in [0, 0.05) is 10.6 Å². The van der Waals surface area contributed by atoms with Gasteiger partial charge in [0.15, 0.2) is 11.5 Å². The second kappa shape index (κ2) is 9.98. The third-order valence-corrected chi connectivity index (χ3v) is 3.94. The van der Waals surface area contributed by atoms with Crippen molar-refractivity contribution in [3.63, 3.8) is 0 Å². The number of rotatable bonds is 9. The van der Waals surface area contributed by atoms with E-state index in [9.17, 15) is 13.6 Å². The van der Waals surface area contributed by atoms with E-state index in [1.54, 1.807) is 12.1 Å². The van der Waals surface area contributed by atoms with Crippen LogP contribution in [0, 0.1) is 0 Å². The van der Waals surface area contributed by atoms with Gasteiger partial charge in [-0.05, 0) is 35.9 Å². The van der Waals surface area contributed by atoms with Crippen molar-refractivity contribution in [3.8, 4) is 23.0 Å². The maximum atomic E-state index is 12.5. The molecule has 152 valence electrons. The molecule has 0 aromatic heterocycles. The number of alkyl halides is 2. The van der Waals surface area contributed by atoms with Crippen LogP contribution in [0.2, 0.25) is 5.02 Å². The van der Waals surface area contributed by atoms with Gasteiger partial charge in [-0.25, -0.2) is 0 Å². The molecule has 6 nitrogen and oxygen atoms in total. The number of halogens is 3. The van der Waals surface area contributed by atoms with Crippen LogP contribution >= 0.6 is 11.6 Å². The third kappa shape index (κ3) is 5.63.